The molecule has 28 heavy (non-hydrogen) atoms. The maximum absolute atomic E-state index is 5.85. The number of hydrogen-bond donors (Lipinski definition) is 2. The largest absolute Gasteiger partial charge is 0.365 e. The molecule has 1 fully saturated rings. The average Bonchev–Trinajstić information content (AvgIpc) is 2.97. The van der Waals surface area contributed by atoms with E-state index in [0.29, 0.717) is 29.3 Å². The van der Waals surface area contributed by atoms with Crippen LogP contribution in [0.5, 0.6) is 0 Å². The highest BCUT2D eigenvalue weighted by molar-refractivity contribution is 5.86. The second kappa shape index (κ2) is 7.47. The smallest absolute Gasteiger partial charge is 0.184 e. The summed E-state index contributed by atoms with van der Waals surface area (Å²) in [5.41, 5.74) is 9.49. The molecule has 148 valence electrons. The van der Waals surface area contributed by atoms with Gasteiger partial charge in [-0.2, -0.15) is 0 Å². The predicted octanol–water partition coefficient (Wildman–Crippen LogP) is 3.61. The fourth-order valence-corrected chi connectivity index (χ4v) is 3.78. The molecule has 1 atom stereocenters. The average molecular weight is 380 g/mol. The van der Waals surface area contributed by atoms with E-state index in [1.54, 1.807) is 0 Å². The number of aryl methyl sites for hydroxylation is 1. The first-order valence-corrected chi connectivity index (χ1v) is 10.1. The van der Waals surface area contributed by atoms with E-state index in [9.17, 15) is 0 Å². The van der Waals surface area contributed by atoms with Crippen LogP contribution in [0, 0.1) is 5.92 Å². The minimum atomic E-state index is 0.287. The number of pyridine rings is 1. The Bertz CT molecular complexity index is 988. The van der Waals surface area contributed by atoms with Crippen molar-refractivity contribution in [2.75, 3.05) is 5.32 Å². The minimum Gasteiger partial charge on any atom is -0.365 e. The standard InChI is InChI=1S/C21H29N7/c1-12(2)15-8-9-23-16(10-15)21-27-20-18(28(21)4)19(25-17(11-22)26-20)24-13(3)14-6-5-7-14/h8-10,12-14H,5-7,11,22H2,1-4H3,(H,24,25,26)/t13-/m1/s1. The SMILES string of the molecule is CC(C)c1ccnc(-c2nc3nc(CN)nc(N[C@H](C)C4CCC4)c3n2C)c1. The van der Waals surface area contributed by atoms with Crippen LogP contribution in [0.4, 0.5) is 5.82 Å². The lowest BCUT2D eigenvalue weighted by atomic mass is 9.80. The van der Waals surface area contributed by atoms with Gasteiger partial charge in [-0.3, -0.25) is 4.98 Å². The lowest BCUT2D eigenvalue weighted by molar-refractivity contribution is 0.285. The first-order valence-electron chi connectivity index (χ1n) is 10.1. The number of nitrogens with zero attached hydrogens (tertiary/aromatic N) is 5. The summed E-state index contributed by atoms with van der Waals surface area (Å²) >= 11 is 0. The van der Waals surface area contributed by atoms with Gasteiger partial charge in [-0.15, -0.1) is 0 Å². The quantitative estimate of drug-likeness (QED) is 0.679. The van der Waals surface area contributed by atoms with Gasteiger partial charge in [0.1, 0.15) is 17.0 Å². The van der Waals surface area contributed by atoms with E-state index in [-0.39, 0.29) is 6.54 Å². The van der Waals surface area contributed by atoms with Gasteiger partial charge in [-0.05, 0) is 49.3 Å². The Morgan fingerprint density at radius 1 is 1.21 bits per heavy atom. The highest BCUT2D eigenvalue weighted by atomic mass is 15.2. The van der Waals surface area contributed by atoms with Crippen molar-refractivity contribution in [2.24, 2.45) is 18.7 Å². The van der Waals surface area contributed by atoms with Gasteiger partial charge < -0.3 is 15.6 Å². The van der Waals surface area contributed by atoms with Crippen LogP contribution in [0.25, 0.3) is 22.7 Å². The molecule has 1 aliphatic carbocycles. The molecular formula is C21H29N7. The third-order valence-corrected chi connectivity index (χ3v) is 5.86. The van der Waals surface area contributed by atoms with Crippen molar-refractivity contribution in [3.63, 3.8) is 0 Å². The number of hydrogen-bond acceptors (Lipinski definition) is 6. The number of nitrogens with two attached hydrogens (primary N) is 1. The first kappa shape index (κ1) is 18.8. The molecule has 0 aliphatic heterocycles. The Morgan fingerprint density at radius 2 is 2.00 bits per heavy atom. The van der Waals surface area contributed by atoms with Crippen molar-refractivity contribution < 1.29 is 0 Å². The predicted molar refractivity (Wildman–Crippen MR) is 112 cm³/mol. The zero-order chi connectivity index (χ0) is 19.8. The molecule has 0 spiro atoms. The van der Waals surface area contributed by atoms with Crippen LogP contribution in [0.1, 0.15) is 57.3 Å². The summed E-state index contributed by atoms with van der Waals surface area (Å²) in [7, 11) is 2.00. The Labute approximate surface area is 165 Å². The van der Waals surface area contributed by atoms with Crippen molar-refractivity contribution in [3.8, 4) is 11.5 Å². The van der Waals surface area contributed by atoms with Crippen LogP contribution in [0.3, 0.4) is 0 Å². The van der Waals surface area contributed by atoms with Gasteiger partial charge in [0.25, 0.3) is 0 Å². The van der Waals surface area contributed by atoms with Crippen molar-refractivity contribution in [3.05, 3.63) is 29.7 Å². The Kier molecular flexibility index (Phi) is 5.02. The third-order valence-electron chi connectivity index (χ3n) is 5.86. The minimum absolute atomic E-state index is 0.287. The van der Waals surface area contributed by atoms with E-state index in [2.05, 4.69) is 53.2 Å². The van der Waals surface area contributed by atoms with Gasteiger partial charge in [0.2, 0.25) is 0 Å². The third kappa shape index (κ3) is 3.35. The number of fused-ring (bicyclic) bond motifs is 1. The van der Waals surface area contributed by atoms with Crippen LogP contribution in [-0.2, 0) is 13.6 Å². The van der Waals surface area contributed by atoms with Crippen molar-refractivity contribution >= 4 is 17.0 Å². The molecule has 7 nitrogen and oxygen atoms in total. The summed E-state index contributed by atoms with van der Waals surface area (Å²) in [5.74, 6) is 3.33. The van der Waals surface area contributed by atoms with Crippen LogP contribution < -0.4 is 11.1 Å². The number of aromatic nitrogens is 5. The van der Waals surface area contributed by atoms with Gasteiger partial charge in [-0.25, -0.2) is 15.0 Å². The maximum Gasteiger partial charge on any atom is 0.184 e. The van der Waals surface area contributed by atoms with E-state index in [4.69, 9.17) is 10.7 Å². The summed E-state index contributed by atoms with van der Waals surface area (Å²) in [6.07, 6.45) is 5.71. The second-order valence-electron chi connectivity index (χ2n) is 8.11. The second-order valence-corrected chi connectivity index (χ2v) is 8.11. The maximum atomic E-state index is 5.85. The molecule has 1 saturated carbocycles. The molecule has 3 aromatic rings. The molecular weight excluding hydrogens is 350 g/mol. The molecule has 0 aromatic carbocycles. The highest BCUT2D eigenvalue weighted by Gasteiger charge is 2.26. The summed E-state index contributed by atoms with van der Waals surface area (Å²) < 4.78 is 2.04. The number of imidazole rings is 1. The summed E-state index contributed by atoms with van der Waals surface area (Å²) in [4.78, 5) is 18.6. The summed E-state index contributed by atoms with van der Waals surface area (Å²) in [6.45, 7) is 6.87. The zero-order valence-corrected chi connectivity index (χ0v) is 17.1. The topological polar surface area (TPSA) is 94.5 Å². The van der Waals surface area contributed by atoms with Crippen LogP contribution >= 0.6 is 0 Å². The molecule has 1 aliphatic rings. The van der Waals surface area contributed by atoms with Crippen molar-refractivity contribution in [1.82, 2.24) is 24.5 Å². The van der Waals surface area contributed by atoms with Gasteiger partial charge in [0.15, 0.2) is 17.3 Å². The Hall–Kier alpha value is -2.54. The molecule has 0 amide bonds. The van der Waals surface area contributed by atoms with Crippen molar-refractivity contribution in [1.29, 1.82) is 0 Å². The molecule has 7 heteroatoms. The Morgan fingerprint density at radius 3 is 2.64 bits per heavy atom. The number of nitrogens with one attached hydrogen (secondary N) is 1. The normalized spacial score (nSPS) is 15.8. The summed E-state index contributed by atoms with van der Waals surface area (Å²) in [5, 5.41) is 3.61. The van der Waals surface area contributed by atoms with E-state index in [1.165, 1.54) is 24.8 Å². The summed E-state index contributed by atoms with van der Waals surface area (Å²) in [6, 6.07) is 4.52. The van der Waals surface area contributed by atoms with Crippen LogP contribution in [-0.4, -0.2) is 30.5 Å². The van der Waals surface area contributed by atoms with Crippen molar-refractivity contribution in [2.45, 2.75) is 58.5 Å². The van der Waals surface area contributed by atoms with Crippen LogP contribution in [0.15, 0.2) is 18.3 Å². The highest BCUT2D eigenvalue weighted by Crippen LogP contribution is 2.33. The zero-order valence-electron chi connectivity index (χ0n) is 17.1. The molecule has 0 saturated heterocycles. The molecule has 3 heterocycles. The monoisotopic (exact) mass is 379 g/mol. The molecule has 3 aromatic heterocycles. The van der Waals surface area contributed by atoms with Gasteiger partial charge in [0, 0.05) is 19.3 Å². The Balaban J connectivity index is 1.81. The first-order chi connectivity index (χ1) is 13.5. The molecule has 3 N–H and O–H groups in total. The molecule has 0 radical (unpaired) electrons. The van der Waals surface area contributed by atoms with E-state index in [0.717, 1.165) is 22.9 Å². The van der Waals surface area contributed by atoms with E-state index < -0.39 is 0 Å². The van der Waals surface area contributed by atoms with E-state index >= 15 is 0 Å². The lowest BCUT2D eigenvalue weighted by Gasteiger charge is -2.32. The van der Waals surface area contributed by atoms with Gasteiger partial charge >= 0.3 is 0 Å². The number of anilines is 1. The molecule has 0 unspecified atom stereocenters. The van der Waals surface area contributed by atoms with Gasteiger partial charge in [0.05, 0.1) is 6.54 Å². The van der Waals surface area contributed by atoms with Crippen LogP contribution in [0.2, 0.25) is 0 Å². The fourth-order valence-electron chi connectivity index (χ4n) is 3.78. The van der Waals surface area contributed by atoms with E-state index in [1.807, 2.05) is 17.8 Å². The van der Waals surface area contributed by atoms with Gasteiger partial charge in [-0.1, -0.05) is 20.3 Å². The lowest BCUT2D eigenvalue weighted by Crippen LogP contribution is -2.31. The molecule has 0 bridgehead atoms. The fraction of sp³-hybridized carbons (Fsp3) is 0.524. The molecule has 4 rings (SSSR count). The number of rotatable bonds is 6.